The molecule has 0 unspecified atom stereocenters. The number of benzene rings is 11. The van der Waals surface area contributed by atoms with Gasteiger partial charge in [-0.05, 0) is 162 Å². The Morgan fingerprint density at radius 1 is 0.234 bits per heavy atom. The molecule has 0 radical (unpaired) electrons. The van der Waals surface area contributed by atoms with E-state index < -0.39 is 0 Å². The molecule has 11 aromatic rings. The number of hydrogen-bond acceptors (Lipinski definition) is 0. The zero-order valence-corrected chi connectivity index (χ0v) is 36.6. The average Bonchev–Trinajstić information content (AvgIpc) is 3.70. The largest absolute Gasteiger partial charge is 0.0619 e. The molecule has 13 rings (SSSR count). The molecule has 11 aromatic carbocycles. The van der Waals surface area contributed by atoms with Crippen LogP contribution in [0, 0.1) is 0 Å². The maximum Gasteiger partial charge on any atom is 0.0159 e. The molecule has 0 nitrogen and oxygen atoms in total. The van der Waals surface area contributed by atoms with E-state index in [-0.39, 0.29) is 10.8 Å². The van der Waals surface area contributed by atoms with Crippen molar-refractivity contribution in [1.82, 2.24) is 0 Å². The lowest BCUT2D eigenvalue weighted by Crippen LogP contribution is -2.15. The summed E-state index contributed by atoms with van der Waals surface area (Å²) in [5.74, 6) is 0. The number of hydrogen-bond donors (Lipinski definition) is 0. The van der Waals surface area contributed by atoms with Crippen molar-refractivity contribution in [3.05, 3.63) is 229 Å². The Kier molecular flexibility index (Phi) is 7.80. The fourth-order valence-corrected chi connectivity index (χ4v) is 11.8. The lowest BCUT2D eigenvalue weighted by molar-refractivity contribution is 0.660. The van der Waals surface area contributed by atoms with Crippen LogP contribution in [0.15, 0.2) is 206 Å². The third-order valence-electron chi connectivity index (χ3n) is 15.0. The van der Waals surface area contributed by atoms with Crippen molar-refractivity contribution in [2.45, 2.75) is 38.5 Å². The molecule has 2 aliphatic carbocycles. The van der Waals surface area contributed by atoms with E-state index in [2.05, 4.69) is 234 Å². The van der Waals surface area contributed by atoms with E-state index in [9.17, 15) is 0 Å². The van der Waals surface area contributed by atoms with Crippen molar-refractivity contribution < 1.29 is 0 Å². The zero-order chi connectivity index (χ0) is 42.9. The highest BCUT2D eigenvalue weighted by Crippen LogP contribution is 2.54. The molecule has 0 heteroatoms. The minimum atomic E-state index is -0.185. The maximum absolute atomic E-state index is 2.51. The van der Waals surface area contributed by atoms with E-state index in [0.29, 0.717) is 0 Å². The molecule has 0 spiro atoms. The second-order valence-electron chi connectivity index (χ2n) is 19.2. The molecular weight excluding hydrogens is 769 g/mol. The SMILES string of the molecule is CC1(C)c2ccccc2-c2cc(-c3c4ccccc4c(-c4ccc5c(c4)C(C)(C)c4cc(-c6ccc7ccccc7c6)ccc4-5)c4ccc(-c5cccc6ccccc56)cc34)ccc21. The molecule has 0 amide bonds. The minimum Gasteiger partial charge on any atom is -0.0619 e. The minimum absolute atomic E-state index is 0.0566. The second-order valence-corrected chi connectivity index (χ2v) is 19.2. The molecule has 0 atom stereocenters. The van der Waals surface area contributed by atoms with Gasteiger partial charge in [-0.3, -0.25) is 0 Å². The summed E-state index contributed by atoms with van der Waals surface area (Å²) in [7, 11) is 0. The molecule has 0 saturated heterocycles. The Morgan fingerprint density at radius 2 is 0.719 bits per heavy atom. The van der Waals surface area contributed by atoms with Gasteiger partial charge in [-0.2, -0.15) is 0 Å². The van der Waals surface area contributed by atoms with Crippen LogP contribution >= 0.6 is 0 Å². The van der Waals surface area contributed by atoms with Gasteiger partial charge in [-0.25, -0.2) is 0 Å². The van der Waals surface area contributed by atoms with Crippen molar-refractivity contribution in [2.75, 3.05) is 0 Å². The van der Waals surface area contributed by atoms with Crippen molar-refractivity contribution >= 4 is 43.1 Å². The van der Waals surface area contributed by atoms with Crippen molar-refractivity contribution in [2.24, 2.45) is 0 Å². The highest BCUT2D eigenvalue weighted by Gasteiger charge is 2.37. The summed E-state index contributed by atoms with van der Waals surface area (Å²) in [5.41, 5.74) is 20.8. The lowest BCUT2D eigenvalue weighted by Gasteiger charge is -2.24. The summed E-state index contributed by atoms with van der Waals surface area (Å²) >= 11 is 0. The van der Waals surface area contributed by atoms with Gasteiger partial charge in [-0.15, -0.1) is 0 Å². The molecule has 0 N–H and O–H groups in total. The molecule has 2 aliphatic rings. The Hall–Kier alpha value is -7.54. The molecule has 0 heterocycles. The van der Waals surface area contributed by atoms with E-state index in [0.717, 1.165) is 0 Å². The molecular formula is C64H46. The second kappa shape index (κ2) is 13.5. The van der Waals surface area contributed by atoms with Gasteiger partial charge >= 0.3 is 0 Å². The van der Waals surface area contributed by atoms with Crippen LogP contribution in [0.3, 0.4) is 0 Å². The quantitative estimate of drug-likeness (QED) is 0.155. The van der Waals surface area contributed by atoms with Gasteiger partial charge in [-0.1, -0.05) is 204 Å². The molecule has 0 aromatic heterocycles. The first-order valence-corrected chi connectivity index (χ1v) is 22.7. The average molecular weight is 815 g/mol. The molecule has 0 aliphatic heterocycles. The van der Waals surface area contributed by atoms with Crippen LogP contribution in [-0.2, 0) is 10.8 Å². The Balaban J connectivity index is 1.03. The van der Waals surface area contributed by atoms with Gasteiger partial charge in [0.25, 0.3) is 0 Å². The molecule has 0 saturated carbocycles. The topological polar surface area (TPSA) is 0 Å². The van der Waals surface area contributed by atoms with E-state index in [1.54, 1.807) is 0 Å². The maximum atomic E-state index is 2.51. The summed E-state index contributed by atoms with van der Waals surface area (Å²) in [5, 5.41) is 10.2. The first kappa shape index (κ1) is 37.1. The van der Waals surface area contributed by atoms with E-state index in [4.69, 9.17) is 0 Å². The zero-order valence-electron chi connectivity index (χ0n) is 36.6. The van der Waals surface area contributed by atoms with Crippen molar-refractivity contribution in [3.63, 3.8) is 0 Å². The number of fused-ring (bicyclic) bond motifs is 10. The van der Waals surface area contributed by atoms with E-state index in [1.807, 2.05) is 0 Å². The van der Waals surface area contributed by atoms with Crippen molar-refractivity contribution in [1.29, 1.82) is 0 Å². The van der Waals surface area contributed by atoms with Crippen LogP contribution in [0.25, 0.3) is 110 Å². The Morgan fingerprint density at radius 3 is 1.52 bits per heavy atom. The van der Waals surface area contributed by atoms with Gasteiger partial charge in [0.15, 0.2) is 0 Å². The summed E-state index contributed by atoms with van der Waals surface area (Å²) in [6.07, 6.45) is 0. The highest BCUT2D eigenvalue weighted by molar-refractivity contribution is 6.22. The van der Waals surface area contributed by atoms with Gasteiger partial charge in [0.05, 0.1) is 0 Å². The predicted molar refractivity (Wildman–Crippen MR) is 273 cm³/mol. The van der Waals surface area contributed by atoms with Crippen molar-refractivity contribution in [3.8, 4) is 66.8 Å². The predicted octanol–water partition coefficient (Wildman–Crippen LogP) is 17.6. The van der Waals surface area contributed by atoms with Crippen LogP contribution < -0.4 is 0 Å². The third-order valence-corrected chi connectivity index (χ3v) is 15.0. The van der Waals surface area contributed by atoms with Gasteiger partial charge < -0.3 is 0 Å². The van der Waals surface area contributed by atoms with E-state index >= 15 is 0 Å². The van der Waals surface area contributed by atoms with Crippen LogP contribution in [-0.4, -0.2) is 0 Å². The van der Waals surface area contributed by atoms with Crippen LogP contribution in [0.1, 0.15) is 49.9 Å². The standard InChI is InChI=1S/C64H46/c1-63(2)57-23-12-11-19-49(57)55-36-45(29-33-58(55)63)62-53-21-10-9-20-52(53)61(54-32-27-44(35-56(54)62)48-22-13-17-40-15-7-8-18-47(40)48)46-28-31-51-50-30-26-43(37-59(50)64(3,4)60(51)38-46)42-25-24-39-14-5-6-16-41(39)34-42/h5-38H,1-4H3. The third kappa shape index (κ3) is 5.29. The molecule has 302 valence electrons. The Labute approximate surface area is 375 Å². The highest BCUT2D eigenvalue weighted by atomic mass is 14.4. The monoisotopic (exact) mass is 814 g/mol. The van der Waals surface area contributed by atoms with Crippen LogP contribution in [0.5, 0.6) is 0 Å². The van der Waals surface area contributed by atoms with Gasteiger partial charge in [0, 0.05) is 10.8 Å². The molecule has 0 fully saturated rings. The molecule has 64 heavy (non-hydrogen) atoms. The first-order chi connectivity index (χ1) is 31.2. The van der Waals surface area contributed by atoms with Crippen LogP contribution in [0.2, 0.25) is 0 Å². The first-order valence-electron chi connectivity index (χ1n) is 22.7. The fraction of sp³-hybridized carbons (Fsp3) is 0.0938. The normalized spacial score (nSPS) is 14.2. The summed E-state index contributed by atoms with van der Waals surface area (Å²) in [6, 6.07) is 78.0. The van der Waals surface area contributed by atoms with Gasteiger partial charge in [0.1, 0.15) is 0 Å². The van der Waals surface area contributed by atoms with Gasteiger partial charge in [0.2, 0.25) is 0 Å². The lowest BCUT2D eigenvalue weighted by atomic mass is 9.79. The van der Waals surface area contributed by atoms with Crippen LogP contribution in [0.4, 0.5) is 0 Å². The summed E-state index contributed by atoms with van der Waals surface area (Å²) < 4.78 is 0. The smallest absolute Gasteiger partial charge is 0.0159 e. The fourth-order valence-electron chi connectivity index (χ4n) is 11.8. The number of rotatable bonds is 4. The van der Waals surface area contributed by atoms with E-state index in [1.165, 1.54) is 132 Å². The summed E-state index contributed by atoms with van der Waals surface area (Å²) in [6.45, 7) is 9.56. The Bertz CT molecular complexity index is 3770. The molecule has 0 bridgehead atoms. The summed E-state index contributed by atoms with van der Waals surface area (Å²) in [4.78, 5) is 0.